The summed E-state index contributed by atoms with van der Waals surface area (Å²) in [6.07, 6.45) is 1.90. The van der Waals surface area contributed by atoms with Crippen molar-refractivity contribution in [3.05, 3.63) is 62.2 Å². The lowest BCUT2D eigenvalue weighted by Crippen LogP contribution is -2.22. The van der Waals surface area contributed by atoms with Gasteiger partial charge in [0.25, 0.3) is 0 Å². The van der Waals surface area contributed by atoms with E-state index in [-0.39, 0.29) is 5.56 Å². The average molecular weight is 408 g/mol. The van der Waals surface area contributed by atoms with Crippen LogP contribution in [0.15, 0.2) is 46.1 Å². The van der Waals surface area contributed by atoms with Crippen molar-refractivity contribution in [1.82, 2.24) is 4.57 Å². The molecule has 0 spiro atoms. The van der Waals surface area contributed by atoms with Gasteiger partial charge in [0.15, 0.2) is 0 Å². The van der Waals surface area contributed by atoms with Crippen LogP contribution in [0.3, 0.4) is 0 Å². The number of rotatable bonds is 4. The van der Waals surface area contributed by atoms with Crippen LogP contribution in [0.5, 0.6) is 0 Å². The Labute approximate surface area is 164 Å². The van der Waals surface area contributed by atoms with Gasteiger partial charge in [0.05, 0.1) is 21.3 Å². The number of halogens is 2. The van der Waals surface area contributed by atoms with Crippen LogP contribution in [0.4, 0.5) is 0 Å². The number of carboxylic acid groups (broad SMARTS) is 1. The quantitative estimate of drug-likeness (QED) is 0.586. The van der Waals surface area contributed by atoms with Crippen LogP contribution >= 0.6 is 35.0 Å². The number of aromatic carboxylic acids is 1. The molecule has 3 aromatic rings. The van der Waals surface area contributed by atoms with Gasteiger partial charge in [-0.2, -0.15) is 0 Å². The monoisotopic (exact) mass is 407 g/mol. The second-order valence-corrected chi connectivity index (χ2v) is 7.31. The lowest BCUT2D eigenvalue weighted by molar-refractivity contribution is 0.0696. The Morgan fingerprint density at radius 1 is 1.15 bits per heavy atom. The minimum absolute atomic E-state index is 0.268. The minimum Gasteiger partial charge on any atom is -0.477 e. The van der Waals surface area contributed by atoms with Crippen LogP contribution in [0.25, 0.3) is 22.2 Å². The summed E-state index contributed by atoms with van der Waals surface area (Å²) in [5.41, 5.74) is 0.770. The molecule has 0 aliphatic carbocycles. The van der Waals surface area contributed by atoms with Crippen LogP contribution in [-0.4, -0.2) is 21.9 Å². The van der Waals surface area contributed by atoms with E-state index in [4.69, 9.17) is 23.2 Å². The van der Waals surface area contributed by atoms with Crippen molar-refractivity contribution in [1.29, 1.82) is 0 Å². The number of hydrogen-bond acceptors (Lipinski definition) is 3. The van der Waals surface area contributed by atoms with Gasteiger partial charge in [-0.15, -0.1) is 11.8 Å². The van der Waals surface area contributed by atoms with Gasteiger partial charge in [0.2, 0.25) is 5.43 Å². The summed E-state index contributed by atoms with van der Waals surface area (Å²) < 4.78 is 1.82. The molecular weight excluding hydrogens is 393 g/mol. The van der Waals surface area contributed by atoms with E-state index in [0.717, 1.165) is 4.90 Å². The maximum atomic E-state index is 13.0. The molecule has 0 aliphatic heterocycles. The van der Waals surface area contributed by atoms with Crippen molar-refractivity contribution in [3.8, 4) is 11.3 Å². The first-order valence-electron chi connectivity index (χ1n) is 7.82. The lowest BCUT2D eigenvalue weighted by Gasteiger charge is -2.19. The van der Waals surface area contributed by atoms with Gasteiger partial charge in [0, 0.05) is 22.4 Å². The van der Waals surface area contributed by atoms with Gasteiger partial charge in [0.1, 0.15) is 5.56 Å². The third-order valence-corrected chi connectivity index (χ3v) is 5.66. The summed E-state index contributed by atoms with van der Waals surface area (Å²) in [6.45, 7) is 2.39. The summed E-state index contributed by atoms with van der Waals surface area (Å²) in [5.74, 6) is -1.27. The number of carbonyl (C=O) groups is 1. The summed E-state index contributed by atoms with van der Waals surface area (Å²) in [6, 6.07) is 10.3. The standard InChI is InChI=1S/C19H15Cl2NO3S/c1-3-22-15-7-5-11(26-2)9-12(15)18(23)16(19(24)25)17(22)10-4-6-13(20)14(21)8-10/h4-9H,3H2,1-2H3,(H,24,25). The third-order valence-electron chi connectivity index (χ3n) is 4.20. The molecular formula is C19H15Cl2NO3S. The Bertz CT molecular complexity index is 1090. The Morgan fingerprint density at radius 3 is 2.46 bits per heavy atom. The maximum absolute atomic E-state index is 13.0. The summed E-state index contributed by atoms with van der Waals surface area (Å²) >= 11 is 13.6. The highest BCUT2D eigenvalue weighted by molar-refractivity contribution is 7.98. The first-order valence-corrected chi connectivity index (χ1v) is 9.80. The number of hydrogen-bond donors (Lipinski definition) is 1. The van der Waals surface area contributed by atoms with Gasteiger partial charge in [-0.1, -0.05) is 29.3 Å². The SMILES string of the molecule is CCn1c(-c2ccc(Cl)c(Cl)c2)c(C(=O)O)c(=O)c2cc(SC)ccc21. The van der Waals surface area contributed by atoms with E-state index in [2.05, 4.69) is 0 Å². The third kappa shape index (κ3) is 3.11. The molecule has 4 nitrogen and oxygen atoms in total. The molecule has 26 heavy (non-hydrogen) atoms. The summed E-state index contributed by atoms with van der Waals surface area (Å²) in [4.78, 5) is 25.8. The van der Waals surface area contributed by atoms with Crippen molar-refractivity contribution >= 4 is 51.8 Å². The molecule has 0 amide bonds. The van der Waals surface area contributed by atoms with Gasteiger partial charge in [-0.25, -0.2) is 4.79 Å². The smallest absolute Gasteiger partial charge is 0.341 e. The Hall–Kier alpha value is -1.95. The number of fused-ring (bicyclic) bond motifs is 1. The van der Waals surface area contributed by atoms with Gasteiger partial charge >= 0.3 is 5.97 Å². The number of carboxylic acids is 1. The predicted molar refractivity (Wildman–Crippen MR) is 108 cm³/mol. The summed E-state index contributed by atoms with van der Waals surface area (Å²) in [7, 11) is 0. The highest BCUT2D eigenvalue weighted by atomic mass is 35.5. The van der Waals surface area contributed by atoms with Crippen LogP contribution < -0.4 is 5.43 Å². The van der Waals surface area contributed by atoms with Crippen molar-refractivity contribution in [2.45, 2.75) is 18.4 Å². The van der Waals surface area contributed by atoms with E-state index in [1.165, 1.54) is 11.8 Å². The van der Waals surface area contributed by atoms with Gasteiger partial charge < -0.3 is 9.67 Å². The second-order valence-electron chi connectivity index (χ2n) is 5.61. The first-order chi connectivity index (χ1) is 12.4. The molecule has 0 bridgehead atoms. The Kier molecular flexibility index (Phi) is 5.32. The Balaban J connectivity index is 2.51. The number of benzene rings is 2. The van der Waals surface area contributed by atoms with Gasteiger partial charge in [-0.05, 0) is 43.5 Å². The Morgan fingerprint density at radius 2 is 1.88 bits per heavy atom. The van der Waals surface area contributed by atoms with E-state index >= 15 is 0 Å². The molecule has 1 aromatic heterocycles. The molecule has 134 valence electrons. The molecule has 0 radical (unpaired) electrons. The molecule has 0 atom stereocenters. The van der Waals surface area contributed by atoms with Crippen molar-refractivity contribution in [2.75, 3.05) is 6.26 Å². The molecule has 0 saturated heterocycles. The molecule has 3 rings (SSSR count). The van der Waals surface area contributed by atoms with Crippen molar-refractivity contribution in [3.63, 3.8) is 0 Å². The zero-order valence-corrected chi connectivity index (χ0v) is 16.4. The maximum Gasteiger partial charge on any atom is 0.341 e. The number of aryl methyl sites for hydroxylation is 1. The molecule has 7 heteroatoms. The van der Waals surface area contributed by atoms with E-state index in [0.29, 0.717) is 38.8 Å². The van der Waals surface area contributed by atoms with E-state index in [1.807, 2.05) is 29.9 Å². The average Bonchev–Trinajstić information content (AvgIpc) is 2.63. The van der Waals surface area contributed by atoms with E-state index in [9.17, 15) is 14.7 Å². The number of aromatic nitrogens is 1. The topological polar surface area (TPSA) is 59.3 Å². The van der Waals surface area contributed by atoms with Crippen molar-refractivity contribution in [2.24, 2.45) is 0 Å². The molecule has 1 N–H and O–H groups in total. The number of thioether (sulfide) groups is 1. The number of nitrogens with zero attached hydrogens (tertiary/aromatic N) is 1. The normalized spacial score (nSPS) is 11.1. The van der Waals surface area contributed by atoms with Gasteiger partial charge in [-0.3, -0.25) is 4.79 Å². The molecule has 0 unspecified atom stereocenters. The van der Waals surface area contributed by atoms with Crippen molar-refractivity contribution < 1.29 is 9.90 Å². The minimum atomic E-state index is -1.27. The van der Waals surface area contributed by atoms with E-state index in [1.54, 1.807) is 24.3 Å². The lowest BCUT2D eigenvalue weighted by atomic mass is 10.0. The fourth-order valence-electron chi connectivity index (χ4n) is 3.03. The molecule has 0 aliphatic rings. The molecule has 1 heterocycles. The van der Waals surface area contributed by atoms with E-state index < -0.39 is 11.4 Å². The van der Waals surface area contributed by atoms with Crippen LogP contribution in [0.1, 0.15) is 17.3 Å². The molecule has 2 aromatic carbocycles. The zero-order chi connectivity index (χ0) is 19.0. The highest BCUT2D eigenvalue weighted by Crippen LogP contribution is 2.32. The molecule has 0 saturated carbocycles. The first kappa shape index (κ1) is 18.8. The fourth-order valence-corrected chi connectivity index (χ4v) is 3.77. The summed E-state index contributed by atoms with van der Waals surface area (Å²) in [5, 5.41) is 10.8. The van der Waals surface area contributed by atoms with Crippen LogP contribution in [-0.2, 0) is 6.54 Å². The predicted octanol–water partition coefficient (Wildman–Crippen LogP) is 5.42. The van der Waals surface area contributed by atoms with Crippen LogP contribution in [0.2, 0.25) is 10.0 Å². The fraction of sp³-hybridized carbons (Fsp3) is 0.158. The number of pyridine rings is 1. The second kappa shape index (κ2) is 7.35. The highest BCUT2D eigenvalue weighted by Gasteiger charge is 2.23. The molecule has 0 fully saturated rings. The largest absolute Gasteiger partial charge is 0.477 e. The van der Waals surface area contributed by atoms with Crippen LogP contribution in [0, 0.1) is 0 Å². The zero-order valence-electron chi connectivity index (χ0n) is 14.0.